The molecule has 1 aromatic rings. The number of aliphatic hydroxyl groups excluding tert-OH is 1. The van der Waals surface area contributed by atoms with Gasteiger partial charge in [-0.15, -0.1) is 0 Å². The van der Waals surface area contributed by atoms with Crippen LogP contribution in [0.3, 0.4) is 0 Å². The third-order valence-electron chi connectivity index (χ3n) is 2.47. The van der Waals surface area contributed by atoms with Crippen molar-refractivity contribution in [2.24, 2.45) is 0 Å². The van der Waals surface area contributed by atoms with Gasteiger partial charge in [0, 0.05) is 18.2 Å². The molecule has 0 aliphatic rings. The van der Waals surface area contributed by atoms with E-state index in [1.54, 1.807) is 0 Å². The molecule has 0 aliphatic heterocycles. The normalized spacial score (nSPS) is 12.5. The lowest BCUT2D eigenvalue weighted by Gasteiger charge is -2.16. The number of nitrogens with two attached hydrogens (primary N) is 1. The van der Waals surface area contributed by atoms with E-state index >= 15 is 0 Å². The first-order valence-corrected chi connectivity index (χ1v) is 5.52. The third kappa shape index (κ3) is 3.34. The minimum absolute atomic E-state index is 0.218. The fraction of sp³-hybridized carbons (Fsp3) is 0.636. The van der Waals surface area contributed by atoms with E-state index < -0.39 is 0 Å². The number of rotatable bonds is 5. The molecule has 1 heterocycles. The van der Waals surface area contributed by atoms with Crippen molar-refractivity contribution >= 4 is 11.6 Å². The van der Waals surface area contributed by atoms with Crippen molar-refractivity contribution in [2.75, 3.05) is 17.7 Å². The van der Waals surface area contributed by atoms with Gasteiger partial charge in [0.25, 0.3) is 0 Å². The summed E-state index contributed by atoms with van der Waals surface area (Å²) in [6.07, 6.45) is 1.69. The summed E-state index contributed by atoms with van der Waals surface area (Å²) in [5.41, 5.74) is 6.64. The molecule has 0 bridgehead atoms. The predicted molar refractivity (Wildman–Crippen MR) is 65.3 cm³/mol. The van der Waals surface area contributed by atoms with Crippen molar-refractivity contribution in [3.8, 4) is 0 Å². The minimum atomic E-state index is 0.218. The summed E-state index contributed by atoms with van der Waals surface area (Å²) in [5, 5.41) is 12.0. The van der Waals surface area contributed by atoms with E-state index in [9.17, 15) is 0 Å². The van der Waals surface area contributed by atoms with Gasteiger partial charge in [0.2, 0.25) is 0 Å². The summed E-state index contributed by atoms with van der Waals surface area (Å²) >= 11 is 0. The summed E-state index contributed by atoms with van der Waals surface area (Å²) < 4.78 is 0. The zero-order valence-electron chi connectivity index (χ0n) is 10.1. The molecule has 1 unspecified atom stereocenters. The number of nitrogens with one attached hydrogen (secondary N) is 1. The second kappa shape index (κ2) is 5.65. The van der Waals surface area contributed by atoms with Crippen molar-refractivity contribution in [3.05, 3.63) is 11.4 Å². The van der Waals surface area contributed by atoms with E-state index in [0.717, 1.165) is 24.2 Å². The lowest BCUT2D eigenvalue weighted by Crippen LogP contribution is -2.18. The van der Waals surface area contributed by atoms with Crippen LogP contribution in [0.5, 0.6) is 0 Å². The molecule has 0 fully saturated rings. The van der Waals surface area contributed by atoms with Crippen LogP contribution in [0.25, 0.3) is 0 Å². The molecule has 0 spiro atoms. The van der Waals surface area contributed by atoms with Gasteiger partial charge in [-0.3, -0.25) is 0 Å². The number of anilines is 2. The van der Waals surface area contributed by atoms with Crippen molar-refractivity contribution in [3.63, 3.8) is 0 Å². The monoisotopic (exact) mass is 224 g/mol. The van der Waals surface area contributed by atoms with Gasteiger partial charge in [-0.2, -0.15) is 0 Å². The molecule has 1 rings (SSSR count). The maximum absolute atomic E-state index is 8.75. The summed E-state index contributed by atoms with van der Waals surface area (Å²) in [7, 11) is 0. The molecule has 5 nitrogen and oxygen atoms in total. The van der Waals surface area contributed by atoms with Crippen LogP contribution in [0, 0.1) is 13.8 Å². The van der Waals surface area contributed by atoms with Crippen molar-refractivity contribution < 1.29 is 5.11 Å². The Kier molecular flexibility index (Phi) is 4.49. The first-order valence-electron chi connectivity index (χ1n) is 5.52. The van der Waals surface area contributed by atoms with Crippen molar-refractivity contribution in [1.82, 2.24) is 9.97 Å². The lowest BCUT2D eigenvalue weighted by molar-refractivity contribution is 0.282. The van der Waals surface area contributed by atoms with E-state index in [1.165, 1.54) is 0 Å². The van der Waals surface area contributed by atoms with Crippen LogP contribution in [-0.4, -0.2) is 27.7 Å². The zero-order valence-corrected chi connectivity index (χ0v) is 10.1. The van der Waals surface area contributed by atoms with E-state index in [1.807, 2.05) is 13.8 Å². The first kappa shape index (κ1) is 12.7. The Labute approximate surface area is 96.1 Å². The van der Waals surface area contributed by atoms with E-state index in [0.29, 0.717) is 11.6 Å². The highest BCUT2D eigenvalue weighted by Crippen LogP contribution is 2.18. The van der Waals surface area contributed by atoms with Gasteiger partial charge in [0.05, 0.1) is 0 Å². The molecular weight excluding hydrogens is 204 g/mol. The standard InChI is InChI=1S/C11H20N4O/c1-7(5-4-6-16)13-11-8(2)10(12)14-9(3)15-11/h7,16H,4-6H2,1-3H3,(H3,12,13,14,15). The smallest absolute Gasteiger partial charge is 0.134 e. The number of hydrogen-bond donors (Lipinski definition) is 3. The van der Waals surface area contributed by atoms with E-state index in [4.69, 9.17) is 10.8 Å². The minimum Gasteiger partial charge on any atom is -0.396 e. The Bertz CT molecular complexity index is 354. The molecular formula is C11H20N4O. The van der Waals surface area contributed by atoms with Crippen LogP contribution in [-0.2, 0) is 0 Å². The molecule has 90 valence electrons. The largest absolute Gasteiger partial charge is 0.396 e. The van der Waals surface area contributed by atoms with Crippen LogP contribution in [0.15, 0.2) is 0 Å². The molecule has 0 amide bonds. The lowest BCUT2D eigenvalue weighted by atomic mass is 10.2. The maximum Gasteiger partial charge on any atom is 0.134 e. The molecule has 1 atom stereocenters. The van der Waals surface area contributed by atoms with Gasteiger partial charge in [-0.05, 0) is 33.6 Å². The average Bonchev–Trinajstić information content (AvgIpc) is 2.22. The Morgan fingerprint density at radius 3 is 2.69 bits per heavy atom. The molecule has 1 aromatic heterocycles. The fourth-order valence-corrected chi connectivity index (χ4v) is 1.49. The predicted octanol–water partition coefficient (Wildman–Crippen LogP) is 1.25. The third-order valence-corrected chi connectivity index (χ3v) is 2.47. The molecule has 0 aromatic carbocycles. The van der Waals surface area contributed by atoms with Crippen molar-refractivity contribution in [2.45, 2.75) is 39.7 Å². The second-order valence-corrected chi connectivity index (χ2v) is 4.04. The van der Waals surface area contributed by atoms with Gasteiger partial charge in [-0.1, -0.05) is 0 Å². The van der Waals surface area contributed by atoms with Gasteiger partial charge >= 0.3 is 0 Å². The number of aliphatic hydroxyl groups is 1. The molecule has 0 saturated heterocycles. The van der Waals surface area contributed by atoms with Gasteiger partial charge in [0.1, 0.15) is 17.5 Å². The molecule has 0 saturated carbocycles. The zero-order chi connectivity index (χ0) is 12.1. The quantitative estimate of drug-likeness (QED) is 0.701. The highest BCUT2D eigenvalue weighted by molar-refractivity contribution is 5.55. The molecule has 0 aliphatic carbocycles. The number of nitrogen functional groups attached to an aromatic ring is 1. The Balaban J connectivity index is 2.72. The summed E-state index contributed by atoms with van der Waals surface area (Å²) in [6.45, 7) is 5.99. The van der Waals surface area contributed by atoms with Crippen LogP contribution >= 0.6 is 0 Å². The Morgan fingerprint density at radius 2 is 2.06 bits per heavy atom. The van der Waals surface area contributed by atoms with Crippen LogP contribution in [0.4, 0.5) is 11.6 Å². The van der Waals surface area contributed by atoms with E-state index in [-0.39, 0.29) is 12.6 Å². The number of aromatic nitrogens is 2. The van der Waals surface area contributed by atoms with Crippen LogP contribution < -0.4 is 11.1 Å². The highest BCUT2D eigenvalue weighted by Gasteiger charge is 2.09. The summed E-state index contributed by atoms with van der Waals surface area (Å²) in [6, 6.07) is 0.263. The molecule has 4 N–H and O–H groups in total. The molecule has 0 radical (unpaired) electrons. The van der Waals surface area contributed by atoms with Crippen LogP contribution in [0.2, 0.25) is 0 Å². The van der Waals surface area contributed by atoms with Gasteiger partial charge < -0.3 is 16.2 Å². The fourth-order valence-electron chi connectivity index (χ4n) is 1.49. The summed E-state index contributed by atoms with van der Waals surface area (Å²) in [4.78, 5) is 8.41. The highest BCUT2D eigenvalue weighted by atomic mass is 16.2. The Morgan fingerprint density at radius 1 is 1.38 bits per heavy atom. The number of nitrogens with zero attached hydrogens (tertiary/aromatic N) is 2. The van der Waals surface area contributed by atoms with Crippen LogP contribution in [0.1, 0.15) is 31.2 Å². The molecule has 5 heteroatoms. The Hall–Kier alpha value is -1.36. The first-order chi connectivity index (χ1) is 7.54. The molecule has 16 heavy (non-hydrogen) atoms. The van der Waals surface area contributed by atoms with E-state index in [2.05, 4.69) is 22.2 Å². The maximum atomic E-state index is 8.75. The van der Waals surface area contributed by atoms with Crippen molar-refractivity contribution in [1.29, 1.82) is 0 Å². The SMILES string of the molecule is Cc1nc(N)c(C)c(NC(C)CCCO)n1. The van der Waals surface area contributed by atoms with Gasteiger partial charge in [-0.25, -0.2) is 9.97 Å². The summed E-state index contributed by atoms with van der Waals surface area (Å²) in [5.74, 6) is 1.97. The second-order valence-electron chi connectivity index (χ2n) is 4.04. The number of hydrogen-bond acceptors (Lipinski definition) is 5. The number of aryl methyl sites for hydroxylation is 1. The van der Waals surface area contributed by atoms with Gasteiger partial charge in [0.15, 0.2) is 0 Å². The topological polar surface area (TPSA) is 84.1 Å². The average molecular weight is 224 g/mol.